The molecule has 1 atom stereocenters. The second-order valence-corrected chi connectivity index (χ2v) is 6.32. The minimum Gasteiger partial charge on any atom is -0.497 e. The molecule has 0 aliphatic carbocycles. The molecular formula is C18H26N2O3. The van der Waals surface area contributed by atoms with Crippen molar-refractivity contribution in [2.75, 3.05) is 40.4 Å². The Morgan fingerprint density at radius 2 is 1.91 bits per heavy atom. The van der Waals surface area contributed by atoms with E-state index in [9.17, 15) is 4.79 Å². The molecule has 0 saturated carbocycles. The Bertz CT molecular complexity index is 555. The summed E-state index contributed by atoms with van der Waals surface area (Å²) in [7, 11) is 3.35. The van der Waals surface area contributed by atoms with Crippen molar-refractivity contribution in [2.45, 2.75) is 31.7 Å². The van der Waals surface area contributed by atoms with Crippen molar-refractivity contribution in [1.82, 2.24) is 9.80 Å². The standard InChI is InChI=1S/C18H26N2O3/c1-22-14-7-8-15(17(12-14)23-2)16-6-5-11-20(16)13-18(21)19-9-3-4-10-19/h7-8,12,16H,3-6,9-11,13H2,1-2H3. The summed E-state index contributed by atoms with van der Waals surface area (Å²) in [5.41, 5.74) is 1.15. The van der Waals surface area contributed by atoms with E-state index in [1.165, 1.54) is 0 Å². The molecule has 23 heavy (non-hydrogen) atoms. The quantitative estimate of drug-likeness (QED) is 0.836. The lowest BCUT2D eigenvalue weighted by Gasteiger charge is -2.27. The molecule has 1 unspecified atom stereocenters. The lowest BCUT2D eigenvalue weighted by atomic mass is 10.0. The second-order valence-electron chi connectivity index (χ2n) is 6.32. The number of benzene rings is 1. The van der Waals surface area contributed by atoms with Crippen LogP contribution in [0.1, 0.15) is 37.3 Å². The van der Waals surface area contributed by atoms with Crippen LogP contribution in [0.15, 0.2) is 18.2 Å². The maximum atomic E-state index is 12.5. The van der Waals surface area contributed by atoms with Crippen molar-refractivity contribution in [1.29, 1.82) is 0 Å². The minimum absolute atomic E-state index is 0.252. The molecule has 5 nitrogen and oxygen atoms in total. The number of amides is 1. The molecule has 126 valence electrons. The summed E-state index contributed by atoms with van der Waals surface area (Å²) >= 11 is 0. The van der Waals surface area contributed by atoms with Crippen molar-refractivity contribution in [3.8, 4) is 11.5 Å². The summed E-state index contributed by atoms with van der Waals surface area (Å²) in [5.74, 6) is 1.90. The van der Waals surface area contributed by atoms with E-state index >= 15 is 0 Å². The summed E-state index contributed by atoms with van der Waals surface area (Å²) in [6.45, 7) is 3.33. The zero-order valence-electron chi connectivity index (χ0n) is 14.1. The van der Waals surface area contributed by atoms with Crippen LogP contribution in [-0.4, -0.2) is 56.1 Å². The summed E-state index contributed by atoms with van der Waals surface area (Å²) in [6.07, 6.45) is 4.46. The number of hydrogen-bond donors (Lipinski definition) is 0. The molecule has 0 spiro atoms. The molecule has 1 aromatic carbocycles. The monoisotopic (exact) mass is 318 g/mol. The summed E-state index contributed by atoms with van der Waals surface area (Å²) in [5, 5.41) is 0. The van der Waals surface area contributed by atoms with Crippen molar-refractivity contribution in [3.05, 3.63) is 23.8 Å². The normalized spacial score (nSPS) is 21.7. The number of carbonyl (C=O) groups excluding carboxylic acids is 1. The SMILES string of the molecule is COc1ccc(C2CCCN2CC(=O)N2CCCC2)c(OC)c1. The van der Waals surface area contributed by atoms with E-state index in [2.05, 4.69) is 11.0 Å². The molecular weight excluding hydrogens is 292 g/mol. The second kappa shape index (κ2) is 7.21. The minimum atomic E-state index is 0.252. The summed E-state index contributed by atoms with van der Waals surface area (Å²) in [4.78, 5) is 16.8. The molecule has 0 aromatic heterocycles. The van der Waals surface area contributed by atoms with Gasteiger partial charge in [0.1, 0.15) is 11.5 Å². The van der Waals surface area contributed by atoms with Gasteiger partial charge in [0.2, 0.25) is 5.91 Å². The van der Waals surface area contributed by atoms with Gasteiger partial charge in [0.05, 0.1) is 20.8 Å². The Morgan fingerprint density at radius 3 is 2.61 bits per heavy atom. The van der Waals surface area contributed by atoms with Crippen LogP contribution in [0.2, 0.25) is 0 Å². The van der Waals surface area contributed by atoms with Gasteiger partial charge in [-0.3, -0.25) is 9.69 Å². The van der Waals surface area contributed by atoms with Gasteiger partial charge in [-0.15, -0.1) is 0 Å². The van der Waals surface area contributed by atoms with Gasteiger partial charge in [0.25, 0.3) is 0 Å². The Hall–Kier alpha value is -1.75. The Balaban J connectivity index is 1.74. The molecule has 0 radical (unpaired) electrons. The fourth-order valence-electron chi connectivity index (χ4n) is 3.70. The number of methoxy groups -OCH3 is 2. The van der Waals surface area contributed by atoms with E-state index in [0.29, 0.717) is 6.54 Å². The van der Waals surface area contributed by atoms with Crippen molar-refractivity contribution in [3.63, 3.8) is 0 Å². The van der Waals surface area contributed by atoms with E-state index in [1.807, 2.05) is 17.0 Å². The van der Waals surface area contributed by atoms with Crippen LogP contribution in [0.3, 0.4) is 0 Å². The van der Waals surface area contributed by atoms with Crippen LogP contribution in [0, 0.1) is 0 Å². The van der Waals surface area contributed by atoms with E-state index < -0.39 is 0 Å². The molecule has 2 aliphatic heterocycles. The Labute approximate surface area is 138 Å². The van der Waals surface area contributed by atoms with Gasteiger partial charge in [0.15, 0.2) is 0 Å². The fraction of sp³-hybridized carbons (Fsp3) is 0.611. The third-order valence-electron chi connectivity index (χ3n) is 4.96. The molecule has 2 aliphatic rings. The number of rotatable bonds is 5. The first-order valence-corrected chi connectivity index (χ1v) is 8.46. The van der Waals surface area contributed by atoms with Crippen LogP contribution in [0.5, 0.6) is 11.5 Å². The Morgan fingerprint density at radius 1 is 1.13 bits per heavy atom. The predicted molar refractivity (Wildman–Crippen MR) is 88.9 cm³/mol. The van der Waals surface area contributed by atoms with Gasteiger partial charge in [-0.2, -0.15) is 0 Å². The number of nitrogens with zero attached hydrogens (tertiary/aromatic N) is 2. The molecule has 5 heteroatoms. The van der Waals surface area contributed by atoms with Crippen LogP contribution < -0.4 is 9.47 Å². The Kier molecular flexibility index (Phi) is 5.06. The smallest absolute Gasteiger partial charge is 0.236 e. The maximum Gasteiger partial charge on any atom is 0.236 e. The summed E-state index contributed by atoms with van der Waals surface area (Å²) in [6, 6.07) is 6.22. The average Bonchev–Trinajstić information content (AvgIpc) is 3.26. The van der Waals surface area contributed by atoms with E-state index in [0.717, 1.165) is 62.4 Å². The number of likely N-dealkylation sites (tertiary alicyclic amines) is 2. The van der Waals surface area contributed by atoms with E-state index in [1.54, 1.807) is 14.2 Å². The largest absolute Gasteiger partial charge is 0.497 e. The molecule has 0 N–H and O–H groups in total. The molecule has 0 bridgehead atoms. The van der Waals surface area contributed by atoms with Gasteiger partial charge in [-0.05, 0) is 38.3 Å². The predicted octanol–water partition coefficient (Wildman–Crippen LogP) is 2.46. The highest BCUT2D eigenvalue weighted by atomic mass is 16.5. The highest BCUT2D eigenvalue weighted by Crippen LogP contribution is 2.38. The number of hydrogen-bond acceptors (Lipinski definition) is 4. The number of carbonyl (C=O) groups is 1. The van der Waals surface area contributed by atoms with Crippen LogP contribution in [0.4, 0.5) is 0 Å². The molecule has 2 fully saturated rings. The lowest BCUT2D eigenvalue weighted by Crippen LogP contribution is -2.38. The van der Waals surface area contributed by atoms with Gasteiger partial charge in [-0.25, -0.2) is 0 Å². The van der Waals surface area contributed by atoms with Gasteiger partial charge in [0, 0.05) is 30.8 Å². The first-order valence-electron chi connectivity index (χ1n) is 8.46. The first-order chi connectivity index (χ1) is 11.2. The molecule has 3 rings (SSSR count). The van der Waals surface area contributed by atoms with Crippen molar-refractivity contribution < 1.29 is 14.3 Å². The first kappa shape index (κ1) is 16.1. The number of ether oxygens (including phenoxy) is 2. The summed E-state index contributed by atoms with van der Waals surface area (Å²) < 4.78 is 10.8. The molecule has 2 saturated heterocycles. The zero-order valence-corrected chi connectivity index (χ0v) is 14.1. The van der Waals surface area contributed by atoms with Crippen LogP contribution in [-0.2, 0) is 4.79 Å². The lowest BCUT2D eigenvalue weighted by molar-refractivity contribution is -0.131. The topological polar surface area (TPSA) is 42.0 Å². The highest BCUT2D eigenvalue weighted by Gasteiger charge is 2.31. The molecule has 1 amide bonds. The van der Waals surface area contributed by atoms with Crippen molar-refractivity contribution in [2.24, 2.45) is 0 Å². The van der Waals surface area contributed by atoms with Crippen LogP contribution >= 0.6 is 0 Å². The molecule has 1 aromatic rings. The average molecular weight is 318 g/mol. The van der Waals surface area contributed by atoms with Crippen LogP contribution in [0.25, 0.3) is 0 Å². The van der Waals surface area contributed by atoms with E-state index in [4.69, 9.17) is 9.47 Å². The highest BCUT2D eigenvalue weighted by molar-refractivity contribution is 5.78. The van der Waals surface area contributed by atoms with Gasteiger partial charge >= 0.3 is 0 Å². The van der Waals surface area contributed by atoms with Crippen molar-refractivity contribution >= 4 is 5.91 Å². The van der Waals surface area contributed by atoms with Gasteiger partial charge in [-0.1, -0.05) is 6.07 Å². The third kappa shape index (κ3) is 3.44. The maximum absolute atomic E-state index is 12.5. The van der Waals surface area contributed by atoms with E-state index in [-0.39, 0.29) is 11.9 Å². The molecule has 2 heterocycles. The zero-order chi connectivity index (χ0) is 16.2. The third-order valence-corrected chi connectivity index (χ3v) is 4.96. The van der Waals surface area contributed by atoms with Gasteiger partial charge < -0.3 is 14.4 Å². The fourth-order valence-corrected chi connectivity index (χ4v) is 3.70.